The van der Waals surface area contributed by atoms with Crippen LogP contribution in [0.5, 0.6) is 11.5 Å². The van der Waals surface area contributed by atoms with Gasteiger partial charge in [0.15, 0.2) is 0 Å². The number of carbonyl (C=O) groups excluding carboxylic acids is 1. The molecule has 1 fully saturated rings. The molecule has 1 aromatic carbocycles. The van der Waals surface area contributed by atoms with Crippen molar-refractivity contribution in [2.45, 2.75) is 32.0 Å². The Hall–Kier alpha value is -1.69. The van der Waals surface area contributed by atoms with Crippen molar-refractivity contribution in [2.75, 3.05) is 13.2 Å². The number of benzene rings is 1. The lowest BCUT2D eigenvalue weighted by molar-refractivity contribution is 0.0520. The molecule has 1 saturated carbocycles. The molecule has 0 spiro atoms. The normalized spacial score (nSPS) is 28.0. The van der Waals surface area contributed by atoms with Crippen molar-refractivity contribution in [2.24, 2.45) is 5.92 Å². The molecule has 0 amide bonds. The third-order valence-corrected chi connectivity index (χ3v) is 4.81. The lowest BCUT2D eigenvalue weighted by Gasteiger charge is -2.23. The van der Waals surface area contributed by atoms with Gasteiger partial charge in [-0.05, 0) is 36.0 Å². The lowest BCUT2D eigenvalue weighted by Crippen LogP contribution is -2.28. The predicted octanol–water partition coefficient (Wildman–Crippen LogP) is 1.77. The molecule has 1 N–H and O–H groups in total. The number of ether oxygens (including phenoxy) is 2. The van der Waals surface area contributed by atoms with Crippen molar-refractivity contribution in [3.63, 3.8) is 0 Å². The van der Waals surface area contributed by atoms with Crippen LogP contribution < -0.4 is 9.39 Å². The highest BCUT2D eigenvalue weighted by Gasteiger charge is 2.61. The van der Waals surface area contributed by atoms with Crippen molar-refractivity contribution >= 4 is 13.1 Å². The number of rotatable bonds is 2. The molecule has 1 aliphatic carbocycles. The van der Waals surface area contributed by atoms with Crippen LogP contribution in [0, 0.1) is 5.92 Å². The zero-order valence-electron chi connectivity index (χ0n) is 12.1. The molecule has 2 aliphatic heterocycles. The summed E-state index contributed by atoms with van der Waals surface area (Å²) in [6.07, 6.45) is 0.795. The van der Waals surface area contributed by atoms with E-state index in [0.717, 1.165) is 17.5 Å². The van der Waals surface area contributed by atoms with Gasteiger partial charge in [0, 0.05) is 12.2 Å². The van der Waals surface area contributed by atoms with Gasteiger partial charge in [0.25, 0.3) is 0 Å². The van der Waals surface area contributed by atoms with Crippen molar-refractivity contribution < 1.29 is 23.9 Å². The summed E-state index contributed by atoms with van der Waals surface area (Å²) in [5.74, 6) is 1.34. The molecule has 21 heavy (non-hydrogen) atoms. The fourth-order valence-electron chi connectivity index (χ4n) is 3.72. The predicted molar refractivity (Wildman–Crippen MR) is 75.9 cm³/mol. The van der Waals surface area contributed by atoms with E-state index in [1.54, 1.807) is 6.92 Å². The van der Waals surface area contributed by atoms with Gasteiger partial charge in [0.2, 0.25) is 0 Å². The van der Waals surface area contributed by atoms with E-state index in [1.165, 1.54) is 0 Å². The van der Waals surface area contributed by atoms with Crippen LogP contribution in [0.2, 0.25) is 5.82 Å². The second-order valence-electron chi connectivity index (χ2n) is 5.95. The van der Waals surface area contributed by atoms with Crippen LogP contribution in [0.25, 0.3) is 0 Å². The Labute approximate surface area is 123 Å². The van der Waals surface area contributed by atoms with E-state index in [4.69, 9.17) is 14.1 Å². The van der Waals surface area contributed by atoms with E-state index in [2.05, 4.69) is 13.0 Å². The molecular formula is C15H17BO5. The minimum absolute atomic E-state index is 0.132. The third-order valence-electron chi connectivity index (χ3n) is 4.81. The Kier molecular flexibility index (Phi) is 2.73. The number of carbonyl (C=O) groups is 1. The van der Waals surface area contributed by atoms with E-state index in [1.807, 2.05) is 0 Å². The van der Waals surface area contributed by atoms with Gasteiger partial charge in [-0.25, -0.2) is 4.79 Å². The summed E-state index contributed by atoms with van der Waals surface area (Å²) >= 11 is 0. The van der Waals surface area contributed by atoms with Gasteiger partial charge in [-0.15, -0.1) is 0 Å². The number of hydrogen-bond acceptors (Lipinski definition) is 5. The Morgan fingerprint density at radius 2 is 2.33 bits per heavy atom. The van der Waals surface area contributed by atoms with Gasteiger partial charge in [0.05, 0.1) is 13.2 Å². The third kappa shape index (κ3) is 1.72. The Morgan fingerprint density at radius 1 is 1.52 bits per heavy atom. The molecule has 5 nitrogen and oxygen atoms in total. The zero-order chi connectivity index (χ0) is 14.7. The minimum atomic E-state index is -0.856. The van der Waals surface area contributed by atoms with Crippen molar-refractivity contribution in [1.82, 2.24) is 0 Å². The van der Waals surface area contributed by atoms with E-state index in [0.29, 0.717) is 36.2 Å². The van der Waals surface area contributed by atoms with E-state index in [-0.39, 0.29) is 11.7 Å². The topological polar surface area (TPSA) is 65.0 Å². The summed E-state index contributed by atoms with van der Waals surface area (Å²) < 4.78 is 16.4. The standard InChI is InChI=1S/C15H17BO5/c1-3-19-15(17)11-13-8(4-5-20-13)6-9-10-7(2)12(10)16(18)21-14(9)11/h6-7,10,12,18H,3-5H2,1-2H3/t7-,10?,12?/m0/s1. The average Bonchev–Trinajstić information content (AvgIpc) is 2.92. The van der Waals surface area contributed by atoms with Gasteiger partial charge < -0.3 is 19.2 Å². The van der Waals surface area contributed by atoms with Gasteiger partial charge in [0.1, 0.15) is 17.1 Å². The highest BCUT2D eigenvalue weighted by molar-refractivity contribution is 6.48. The maximum Gasteiger partial charge on any atom is 0.526 e. The molecule has 2 heterocycles. The molecule has 0 radical (unpaired) electrons. The Balaban J connectivity index is 1.89. The fourth-order valence-corrected chi connectivity index (χ4v) is 3.72. The smallest absolute Gasteiger partial charge is 0.526 e. The molecule has 2 unspecified atom stereocenters. The average molecular weight is 288 g/mol. The zero-order valence-corrected chi connectivity index (χ0v) is 12.1. The van der Waals surface area contributed by atoms with Crippen LogP contribution in [0.15, 0.2) is 6.07 Å². The molecule has 6 heteroatoms. The quantitative estimate of drug-likeness (QED) is 0.663. The van der Waals surface area contributed by atoms with Crippen LogP contribution in [-0.2, 0) is 11.2 Å². The summed E-state index contributed by atoms with van der Waals surface area (Å²) in [4.78, 5) is 12.3. The van der Waals surface area contributed by atoms with Gasteiger partial charge in [-0.1, -0.05) is 6.92 Å². The molecule has 0 bridgehead atoms. The van der Waals surface area contributed by atoms with E-state index >= 15 is 0 Å². The monoisotopic (exact) mass is 288 g/mol. The summed E-state index contributed by atoms with van der Waals surface area (Å²) in [5, 5.41) is 10.1. The maximum atomic E-state index is 12.3. The van der Waals surface area contributed by atoms with Gasteiger partial charge in [-0.2, -0.15) is 0 Å². The van der Waals surface area contributed by atoms with Crippen LogP contribution in [0.1, 0.15) is 41.3 Å². The highest BCUT2D eigenvalue weighted by Crippen LogP contribution is 2.65. The molecule has 110 valence electrons. The first-order valence-electron chi connectivity index (χ1n) is 7.48. The summed E-state index contributed by atoms with van der Waals surface area (Å²) in [7, 11) is -0.856. The highest BCUT2D eigenvalue weighted by atomic mass is 16.5. The van der Waals surface area contributed by atoms with Gasteiger partial charge in [-0.3, -0.25) is 0 Å². The van der Waals surface area contributed by atoms with Crippen molar-refractivity contribution in [3.05, 3.63) is 22.8 Å². The van der Waals surface area contributed by atoms with Crippen LogP contribution in [-0.4, -0.2) is 31.3 Å². The maximum absolute atomic E-state index is 12.3. The van der Waals surface area contributed by atoms with E-state index < -0.39 is 13.1 Å². The summed E-state index contributed by atoms with van der Waals surface area (Å²) in [6, 6.07) is 2.08. The van der Waals surface area contributed by atoms with Crippen LogP contribution in [0.3, 0.4) is 0 Å². The number of hydrogen-bond donors (Lipinski definition) is 1. The van der Waals surface area contributed by atoms with Gasteiger partial charge >= 0.3 is 13.1 Å². The second-order valence-corrected chi connectivity index (χ2v) is 5.95. The van der Waals surface area contributed by atoms with Crippen LogP contribution in [0.4, 0.5) is 0 Å². The second kappa shape index (κ2) is 4.40. The van der Waals surface area contributed by atoms with Crippen molar-refractivity contribution in [3.8, 4) is 11.5 Å². The molecule has 3 atom stereocenters. The molecule has 1 aromatic rings. The molecule has 3 aliphatic rings. The number of esters is 1. The largest absolute Gasteiger partial charge is 0.535 e. The lowest BCUT2D eigenvalue weighted by atomic mass is 9.76. The van der Waals surface area contributed by atoms with Crippen LogP contribution >= 0.6 is 0 Å². The molecular weight excluding hydrogens is 271 g/mol. The first-order valence-corrected chi connectivity index (χ1v) is 7.48. The first-order chi connectivity index (χ1) is 10.1. The molecule has 0 saturated heterocycles. The summed E-state index contributed by atoms with van der Waals surface area (Å²) in [6.45, 7) is 4.73. The Morgan fingerprint density at radius 3 is 3.10 bits per heavy atom. The molecule has 4 rings (SSSR count). The summed E-state index contributed by atoms with van der Waals surface area (Å²) in [5.41, 5.74) is 2.40. The van der Waals surface area contributed by atoms with Crippen molar-refractivity contribution in [1.29, 1.82) is 0 Å². The van der Waals surface area contributed by atoms with E-state index in [9.17, 15) is 9.82 Å². The fraction of sp³-hybridized carbons (Fsp3) is 0.533. The SMILES string of the molecule is CCOC(=O)c1c2c(cc3c1OB(O)C1C3[C@@H]1C)CCO2. The number of fused-ring (bicyclic) bond motifs is 4. The minimum Gasteiger partial charge on any atom is -0.535 e. The first kappa shape index (κ1) is 13.0. The molecule has 0 aromatic heterocycles. The Bertz CT molecular complexity index is 629.